The molecule has 0 fully saturated rings. The van der Waals surface area contributed by atoms with Gasteiger partial charge in [0.1, 0.15) is 5.76 Å². The molecule has 0 aliphatic carbocycles. The SMILES string of the molecule is COc1cccc2cc(CNC(C)CN(C)C)oc12. The van der Waals surface area contributed by atoms with Crippen LogP contribution in [-0.2, 0) is 6.54 Å². The van der Waals surface area contributed by atoms with Crippen LogP contribution in [0.2, 0.25) is 0 Å². The highest BCUT2D eigenvalue weighted by atomic mass is 16.5. The average molecular weight is 262 g/mol. The number of benzene rings is 1. The van der Waals surface area contributed by atoms with Gasteiger partial charge in [-0.1, -0.05) is 12.1 Å². The molecule has 0 bridgehead atoms. The Kier molecular flexibility index (Phi) is 4.45. The van der Waals surface area contributed by atoms with E-state index >= 15 is 0 Å². The first-order valence-electron chi connectivity index (χ1n) is 6.53. The van der Waals surface area contributed by atoms with Crippen LogP contribution in [0.15, 0.2) is 28.7 Å². The number of nitrogens with one attached hydrogen (secondary N) is 1. The van der Waals surface area contributed by atoms with Gasteiger partial charge in [-0.2, -0.15) is 0 Å². The van der Waals surface area contributed by atoms with Gasteiger partial charge in [0.05, 0.1) is 13.7 Å². The van der Waals surface area contributed by atoms with Crippen molar-refractivity contribution >= 4 is 11.0 Å². The Balaban J connectivity index is 2.05. The van der Waals surface area contributed by atoms with Gasteiger partial charge in [0.25, 0.3) is 0 Å². The Hall–Kier alpha value is -1.52. The van der Waals surface area contributed by atoms with Crippen LogP contribution in [-0.4, -0.2) is 38.7 Å². The first-order chi connectivity index (χ1) is 9.10. The Morgan fingerprint density at radius 1 is 1.37 bits per heavy atom. The van der Waals surface area contributed by atoms with E-state index in [1.807, 2.05) is 18.2 Å². The molecule has 0 saturated carbocycles. The number of likely N-dealkylation sites (N-methyl/N-ethyl adjacent to an activating group) is 1. The summed E-state index contributed by atoms with van der Waals surface area (Å²) in [5.41, 5.74) is 0.821. The zero-order valence-electron chi connectivity index (χ0n) is 12.1. The average Bonchev–Trinajstić information content (AvgIpc) is 2.78. The van der Waals surface area contributed by atoms with E-state index < -0.39 is 0 Å². The standard InChI is InChI=1S/C15H22N2O2/c1-11(10-17(2)3)16-9-13-8-12-6-5-7-14(18-4)15(12)19-13/h5-8,11,16H,9-10H2,1-4H3. The summed E-state index contributed by atoms with van der Waals surface area (Å²) in [6.07, 6.45) is 0. The van der Waals surface area contributed by atoms with Crippen molar-refractivity contribution < 1.29 is 9.15 Å². The number of methoxy groups -OCH3 is 1. The van der Waals surface area contributed by atoms with E-state index in [0.29, 0.717) is 6.04 Å². The normalized spacial score (nSPS) is 13.1. The molecule has 0 radical (unpaired) electrons. The first-order valence-corrected chi connectivity index (χ1v) is 6.53. The monoisotopic (exact) mass is 262 g/mol. The summed E-state index contributed by atoms with van der Waals surface area (Å²) in [4.78, 5) is 2.17. The number of rotatable bonds is 6. The molecule has 0 saturated heterocycles. The van der Waals surface area contributed by atoms with Crippen molar-refractivity contribution in [2.45, 2.75) is 19.5 Å². The minimum atomic E-state index is 0.421. The summed E-state index contributed by atoms with van der Waals surface area (Å²) in [6, 6.07) is 8.41. The smallest absolute Gasteiger partial charge is 0.176 e. The van der Waals surface area contributed by atoms with Crippen LogP contribution in [0, 0.1) is 0 Å². The highest BCUT2D eigenvalue weighted by Crippen LogP contribution is 2.28. The number of hydrogen-bond donors (Lipinski definition) is 1. The zero-order chi connectivity index (χ0) is 13.8. The molecule has 1 aromatic carbocycles. The van der Waals surface area contributed by atoms with E-state index in [2.05, 4.69) is 37.3 Å². The molecule has 4 heteroatoms. The highest BCUT2D eigenvalue weighted by molar-refractivity contribution is 5.83. The second-order valence-corrected chi connectivity index (χ2v) is 5.14. The minimum Gasteiger partial charge on any atom is -0.493 e. The van der Waals surface area contributed by atoms with Gasteiger partial charge in [-0.15, -0.1) is 0 Å². The second-order valence-electron chi connectivity index (χ2n) is 5.14. The van der Waals surface area contributed by atoms with Crippen LogP contribution < -0.4 is 10.1 Å². The van der Waals surface area contributed by atoms with Gasteiger partial charge < -0.3 is 19.4 Å². The first kappa shape index (κ1) is 13.9. The maximum atomic E-state index is 5.84. The van der Waals surface area contributed by atoms with Crippen LogP contribution in [0.25, 0.3) is 11.0 Å². The van der Waals surface area contributed by atoms with E-state index in [4.69, 9.17) is 9.15 Å². The molecular weight excluding hydrogens is 240 g/mol. The van der Waals surface area contributed by atoms with Gasteiger partial charge in [0.2, 0.25) is 0 Å². The van der Waals surface area contributed by atoms with Crippen LogP contribution in [0.1, 0.15) is 12.7 Å². The summed E-state index contributed by atoms with van der Waals surface area (Å²) in [7, 11) is 5.81. The molecule has 2 aromatic rings. The van der Waals surface area contributed by atoms with Crippen LogP contribution >= 0.6 is 0 Å². The predicted molar refractivity (Wildman–Crippen MR) is 77.6 cm³/mol. The van der Waals surface area contributed by atoms with E-state index in [0.717, 1.165) is 35.6 Å². The molecule has 1 N–H and O–H groups in total. The van der Waals surface area contributed by atoms with Gasteiger partial charge >= 0.3 is 0 Å². The van der Waals surface area contributed by atoms with Crippen molar-refractivity contribution in [3.8, 4) is 5.75 Å². The number of ether oxygens (including phenoxy) is 1. The molecule has 0 aliphatic rings. The van der Waals surface area contributed by atoms with E-state index in [-0.39, 0.29) is 0 Å². The molecule has 0 amide bonds. The topological polar surface area (TPSA) is 37.6 Å². The number of hydrogen-bond acceptors (Lipinski definition) is 4. The lowest BCUT2D eigenvalue weighted by Crippen LogP contribution is -2.35. The van der Waals surface area contributed by atoms with E-state index in [9.17, 15) is 0 Å². The Bertz CT molecular complexity index is 534. The molecule has 0 spiro atoms. The highest BCUT2D eigenvalue weighted by Gasteiger charge is 2.09. The number of nitrogens with zero attached hydrogens (tertiary/aromatic N) is 1. The largest absolute Gasteiger partial charge is 0.493 e. The fourth-order valence-corrected chi connectivity index (χ4v) is 2.22. The molecule has 0 aliphatic heterocycles. The molecular formula is C15H22N2O2. The molecule has 1 heterocycles. The van der Waals surface area contributed by atoms with Crippen molar-refractivity contribution in [3.63, 3.8) is 0 Å². The van der Waals surface area contributed by atoms with Gasteiger partial charge in [-0.25, -0.2) is 0 Å². The molecule has 2 rings (SSSR count). The lowest BCUT2D eigenvalue weighted by Gasteiger charge is -2.17. The molecule has 1 aromatic heterocycles. The lowest BCUT2D eigenvalue weighted by atomic mass is 10.2. The molecule has 19 heavy (non-hydrogen) atoms. The van der Waals surface area contributed by atoms with Crippen molar-refractivity contribution in [1.29, 1.82) is 0 Å². The number of fused-ring (bicyclic) bond motifs is 1. The van der Waals surface area contributed by atoms with Gasteiger partial charge in [-0.3, -0.25) is 0 Å². The van der Waals surface area contributed by atoms with E-state index in [1.54, 1.807) is 7.11 Å². The van der Waals surface area contributed by atoms with Crippen molar-refractivity contribution in [3.05, 3.63) is 30.0 Å². The van der Waals surface area contributed by atoms with E-state index in [1.165, 1.54) is 0 Å². The molecule has 1 unspecified atom stereocenters. The third-order valence-corrected chi connectivity index (χ3v) is 3.04. The van der Waals surface area contributed by atoms with Gasteiger partial charge in [0, 0.05) is 18.0 Å². The van der Waals surface area contributed by atoms with Gasteiger partial charge in [-0.05, 0) is 33.2 Å². The second kappa shape index (κ2) is 6.08. The summed E-state index contributed by atoms with van der Waals surface area (Å²) >= 11 is 0. The number of para-hydroxylation sites is 1. The Morgan fingerprint density at radius 2 is 2.16 bits per heavy atom. The maximum absolute atomic E-state index is 5.84. The molecule has 4 nitrogen and oxygen atoms in total. The summed E-state index contributed by atoms with van der Waals surface area (Å²) in [5, 5.41) is 4.53. The summed E-state index contributed by atoms with van der Waals surface area (Å²) in [6.45, 7) is 3.90. The van der Waals surface area contributed by atoms with Crippen molar-refractivity contribution in [2.75, 3.05) is 27.7 Å². The quantitative estimate of drug-likeness (QED) is 0.868. The molecule has 104 valence electrons. The fourth-order valence-electron chi connectivity index (χ4n) is 2.22. The third-order valence-electron chi connectivity index (χ3n) is 3.04. The van der Waals surface area contributed by atoms with Crippen LogP contribution in [0.3, 0.4) is 0 Å². The Labute approximate surface area is 114 Å². The lowest BCUT2D eigenvalue weighted by molar-refractivity contribution is 0.342. The predicted octanol–water partition coefficient (Wildman–Crippen LogP) is 2.48. The Morgan fingerprint density at radius 3 is 2.84 bits per heavy atom. The van der Waals surface area contributed by atoms with Crippen molar-refractivity contribution in [2.24, 2.45) is 0 Å². The van der Waals surface area contributed by atoms with Crippen LogP contribution in [0.5, 0.6) is 5.75 Å². The summed E-state index contributed by atoms with van der Waals surface area (Å²) < 4.78 is 11.1. The maximum Gasteiger partial charge on any atom is 0.176 e. The number of furan rings is 1. The fraction of sp³-hybridized carbons (Fsp3) is 0.467. The zero-order valence-corrected chi connectivity index (χ0v) is 12.1. The van der Waals surface area contributed by atoms with Crippen molar-refractivity contribution in [1.82, 2.24) is 10.2 Å². The van der Waals surface area contributed by atoms with Gasteiger partial charge in [0.15, 0.2) is 11.3 Å². The van der Waals surface area contributed by atoms with Crippen LogP contribution in [0.4, 0.5) is 0 Å². The third kappa shape index (κ3) is 3.49. The molecule has 1 atom stereocenters. The minimum absolute atomic E-state index is 0.421. The summed E-state index contributed by atoms with van der Waals surface area (Å²) in [5.74, 6) is 1.72.